The van der Waals surface area contributed by atoms with E-state index in [0.29, 0.717) is 11.3 Å². The van der Waals surface area contributed by atoms with Crippen molar-refractivity contribution in [2.24, 2.45) is 5.73 Å². The third-order valence-electron chi connectivity index (χ3n) is 4.84. The van der Waals surface area contributed by atoms with Crippen LogP contribution in [0.4, 0.5) is 4.79 Å². The molecule has 0 aliphatic carbocycles. The fourth-order valence-electron chi connectivity index (χ4n) is 3.27. The van der Waals surface area contributed by atoms with E-state index in [-0.39, 0.29) is 26.4 Å². The molecule has 2 heterocycles. The van der Waals surface area contributed by atoms with Crippen molar-refractivity contribution in [2.45, 2.75) is 39.9 Å². The lowest BCUT2D eigenvalue weighted by Crippen LogP contribution is -2.22. The molecule has 1 fully saturated rings. The normalized spacial score (nSPS) is 15.3. The number of thiophene rings is 1. The quantitative estimate of drug-likeness (QED) is 0.594. The van der Waals surface area contributed by atoms with E-state index in [9.17, 15) is 21.6 Å². The van der Waals surface area contributed by atoms with Crippen LogP contribution in [-0.2, 0) is 31.0 Å². The summed E-state index contributed by atoms with van der Waals surface area (Å²) in [6.07, 6.45) is 1.93. The van der Waals surface area contributed by atoms with Crippen LogP contribution in [0.15, 0.2) is 50.4 Å². The van der Waals surface area contributed by atoms with Crippen LogP contribution in [0.1, 0.15) is 24.1 Å². The first-order valence-electron chi connectivity index (χ1n) is 9.50. The summed E-state index contributed by atoms with van der Waals surface area (Å²) in [5.74, 6) is 0.0315. The maximum absolute atomic E-state index is 12.8. The second-order valence-corrected chi connectivity index (χ2v) is 12.5. The third kappa shape index (κ3) is 5.60. The number of hydrogen-bond acceptors (Lipinski definition) is 8. The number of hydrogen-bond donors (Lipinski definition) is 1. The van der Waals surface area contributed by atoms with Gasteiger partial charge in [0.15, 0.2) is 9.84 Å². The van der Waals surface area contributed by atoms with E-state index in [4.69, 9.17) is 5.73 Å². The molecular weight excluding hydrogens is 448 g/mol. The summed E-state index contributed by atoms with van der Waals surface area (Å²) < 4.78 is 55.4. The van der Waals surface area contributed by atoms with Crippen molar-refractivity contribution in [1.29, 1.82) is 0 Å². The molecule has 0 saturated carbocycles. The Labute approximate surface area is 180 Å². The highest BCUT2D eigenvalue weighted by molar-refractivity contribution is 7.93. The van der Waals surface area contributed by atoms with E-state index < -0.39 is 25.8 Å². The van der Waals surface area contributed by atoms with Crippen LogP contribution in [-0.4, -0.2) is 53.2 Å². The summed E-state index contributed by atoms with van der Waals surface area (Å²) >= 11 is 0.966. The van der Waals surface area contributed by atoms with Gasteiger partial charge in [-0.3, -0.25) is 0 Å². The predicted molar refractivity (Wildman–Crippen MR) is 113 cm³/mol. The SMILES string of the molecule is NC(=O)OCc1ccc(S(=O)(=O)c2ccc(S(=O)(=O)CCCN3CCCC3)cc2)s1. The second-order valence-electron chi connectivity index (χ2n) is 7.02. The number of sulfone groups is 2. The van der Waals surface area contributed by atoms with Gasteiger partial charge in [0.2, 0.25) is 9.84 Å². The number of rotatable bonds is 9. The molecule has 1 aromatic heterocycles. The van der Waals surface area contributed by atoms with Gasteiger partial charge in [0.25, 0.3) is 0 Å². The van der Waals surface area contributed by atoms with Crippen LogP contribution in [0.25, 0.3) is 0 Å². The summed E-state index contributed by atoms with van der Waals surface area (Å²) in [6, 6.07) is 8.25. The highest BCUT2D eigenvalue weighted by Crippen LogP contribution is 2.29. The maximum atomic E-state index is 12.8. The molecule has 164 valence electrons. The lowest BCUT2D eigenvalue weighted by atomic mass is 10.4. The lowest BCUT2D eigenvalue weighted by Gasteiger charge is -2.14. The molecule has 30 heavy (non-hydrogen) atoms. The van der Waals surface area contributed by atoms with Gasteiger partial charge in [0.1, 0.15) is 10.8 Å². The topological polar surface area (TPSA) is 124 Å². The van der Waals surface area contributed by atoms with Crippen LogP contribution >= 0.6 is 11.3 Å². The molecule has 0 bridgehead atoms. The van der Waals surface area contributed by atoms with E-state index in [2.05, 4.69) is 9.64 Å². The van der Waals surface area contributed by atoms with Gasteiger partial charge < -0.3 is 15.4 Å². The number of likely N-dealkylation sites (tertiary alicyclic amines) is 1. The van der Waals surface area contributed by atoms with Crippen molar-refractivity contribution in [3.63, 3.8) is 0 Å². The van der Waals surface area contributed by atoms with Crippen LogP contribution in [0.3, 0.4) is 0 Å². The fraction of sp³-hybridized carbons (Fsp3) is 0.421. The Bertz CT molecular complexity index is 1090. The van der Waals surface area contributed by atoms with Crippen molar-refractivity contribution in [3.8, 4) is 0 Å². The van der Waals surface area contributed by atoms with Gasteiger partial charge in [-0.2, -0.15) is 0 Å². The van der Waals surface area contributed by atoms with Gasteiger partial charge in [0.05, 0.1) is 15.5 Å². The highest BCUT2D eigenvalue weighted by Gasteiger charge is 2.22. The summed E-state index contributed by atoms with van der Waals surface area (Å²) in [4.78, 5) is 13.6. The molecule has 0 radical (unpaired) electrons. The molecule has 0 unspecified atom stereocenters. The van der Waals surface area contributed by atoms with Crippen LogP contribution < -0.4 is 5.73 Å². The van der Waals surface area contributed by atoms with E-state index in [0.717, 1.165) is 43.8 Å². The molecule has 1 aliphatic heterocycles. The predicted octanol–water partition coefficient (Wildman–Crippen LogP) is 2.44. The molecule has 2 N–H and O–H groups in total. The van der Waals surface area contributed by atoms with Crippen molar-refractivity contribution >= 4 is 37.1 Å². The third-order valence-corrected chi connectivity index (χ3v) is 9.97. The molecule has 1 aromatic carbocycles. The van der Waals surface area contributed by atoms with E-state index in [1.165, 1.54) is 30.3 Å². The Morgan fingerprint density at radius 2 is 1.63 bits per heavy atom. The molecule has 11 heteroatoms. The standard InChI is InChI=1S/C19H24N2O6S3/c20-19(22)27-14-15-4-9-18(28-15)30(25,26)17-7-5-16(6-8-17)29(23,24)13-3-12-21-10-1-2-11-21/h4-9H,1-3,10-14H2,(H2,20,22). The largest absolute Gasteiger partial charge is 0.444 e. The average molecular weight is 473 g/mol. The highest BCUT2D eigenvalue weighted by atomic mass is 32.2. The molecule has 0 atom stereocenters. The second kappa shape index (κ2) is 9.46. The van der Waals surface area contributed by atoms with E-state index in [1.54, 1.807) is 6.07 Å². The number of carbonyl (C=O) groups excluding carboxylic acids is 1. The van der Waals surface area contributed by atoms with Crippen LogP contribution in [0.5, 0.6) is 0 Å². The number of ether oxygens (including phenoxy) is 1. The van der Waals surface area contributed by atoms with Crippen LogP contribution in [0, 0.1) is 0 Å². The minimum atomic E-state index is -3.80. The molecule has 3 rings (SSSR count). The number of benzene rings is 1. The Morgan fingerprint density at radius 1 is 1.00 bits per heavy atom. The van der Waals surface area contributed by atoms with E-state index in [1.807, 2.05) is 0 Å². The Morgan fingerprint density at radius 3 is 2.27 bits per heavy atom. The van der Waals surface area contributed by atoms with Gasteiger partial charge in [-0.15, -0.1) is 11.3 Å². The number of amides is 1. The maximum Gasteiger partial charge on any atom is 0.404 e. The van der Waals surface area contributed by atoms with Crippen molar-refractivity contribution in [3.05, 3.63) is 41.3 Å². The number of nitrogens with zero attached hydrogens (tertiary/aromatic N) is 1. The zero-order valence-electron chi connectivity index (χ0n) is 16.3. The molecule has 1 aliphatic rings. The number of primary amides is 1. The molecular formula is C19H24N2O6S3. The van der Waals surface area contributed by atoms with Gasteiger partial charge in [-0.25, -0.2) is 21.6 Å². The fourth-order valence-corrected chi connectivity index (χ4v) is 7.23. The number of carbonyl (C=O) groups is 1. The summed E-state index contributed by atoms with van der Waals surface area (Å²) in [7, 11) is -7.27. The zero-order valence-corrected chi connectivity index (χ0v) is 18.8. The Hall–Kier alpha value is -1.95. The van der Waals surface area contributed by atoms with Crippen molar-refractivity contribution in [2.75, 3.05) is 25.4 Å². The minimum Gasteiger partial charge on any atom is -0.444 e. The summed E-state index contributed by atoms with van der Waals surface area (Å²) in [5, 5.41) is 0. The Kier molecular flexibility index (Phi) is 7.17. The zero-order chi connectivity index (χ0) is 21.8. The van der Waals surface area contributed by atoms with Gasteiger partial charge in [-0.05, 0) is 75.3 Å². The molecule has 1 amide bonds. The van der Waals surface area contributed by atoms with Crippen molar-refractivity contribution in [1.82, 2.24) is 4.90 Å². The molecule has 2 aromatic rings. The smallest absolute Gasteiger partial charge is 0.404 e. The van der Waals surface area contributed by atoms with Gasteiger partial charge in [-0.1, -0.05) is 0 Å². The molecule has 1 saturated heterocycles. The lowest BCUT2D eigenvalue weighted by molar-refractivity contribution is 0.151. The Balaban J connectivity index is 1.67. The minimum absolute atomic E-state index is 0.00253. The molecule has 0 spiro atoms. The monoisotopic (exact) mass is 472 g/mol. The summed E-state index contributed by atoms with van der Waals surface area (Å²) in [5.41, 5.74) is 4.91. The number of nitrogens with two attached hydrogens (primary N) is 1. The van der Waals surface area contributed by atoms with Gasteiger partial charge in [0, 0.05) is 4.88 Å². The first kappa shape index (κ1) is 22.7. The van der Waals surface area contributed by atoms with E-state index >= 15 is 0 Å². The first-order chi connectivity index (χ1) is 14.2. The summed E-state index contributed by atoms with van der Waals surface area (Å²) in [6.45, 7) is 2.69. The average Bonchev–Trinajstić information content (AvgIpc) is 3.38. The van der Waals surface area contributed by atoms with Crippen molar-refractivity contribution < 1.29 is 26.4 Å². The molecule has 8 nitrogen and oxygen atoms in total. The van der Waals surface area contributed by atoms with Gasteiger partial charge >= 0.3 is 6.09 Å². The van der Waals surface area contributed by atoms with Crippen LogP contribution in [0.2, 0.25) is 0 Å². The first-order valence-corrected chi connectivity index (χ1v) is 13.4.